The second-order valence-electron chi connectivity index (χ2n) is 7.71. The zero-order valence-electron chi connectivity index (χ0n) is 21.2. The maximum absolute atomic E-state index is 12.7. The molecule has 8 nitrogen and oxygen atoms in total. The van der Waals surface area contributed by atoms with Gasteiger partial charge in [0, 0.05) is 6.08 Å². The number of methoxy groups -OCH3 is 1. The third-order valence-electron chi connectivity index (χ3n) is 5.18. The van der Waals surface area contributed by atoms with Gasteiger partial charge in [-0.2, -0.15) is 0 Å². The summed E-state index contributed by atoms with van der Waals surface area (Å²) in [5.74, 6) is -0.565. The van der Waals surface area contributed by atoms with Gasteiger partial charge in [0.1, 0.15) is 16.5 Å². The number of benzene rings is 2. The van der Waals surface area contributed by atoms with Crippen molar-refractivity contribution >= 4 is 40.3 Å². The van der Waals surface area contributed by atoms with Gasteiger partial charge in [-0.05, 0) is 55.7 Å². The maximum Gasteiger partial charge on any atom is 0.348 e. The molecule has 0 saturated heterocycles. The second-order valence-corrected chi connectivity index (χ2v) is 8.73. The van der Waals surface area contributed by atoms with Gasteiger partial charge in [0.25, 0.3) is 0 Å². The molecule has 0 atom stereocenters. The molecule has 1 N–H and O–H groups in total. The minimum Gasteiger partial charge on any atom is -0.493 e. The molecule has 3 rings (SSSR count). The summed E-state index contributed by atoms with van der Waals surface area (Å²) in [6.45, 7) is 5.73. The summed E-state index contributed by atoms with van der Waals surface area (Å²) in [5.41, 5.74) is 2.27. The molecule has 0 aliphatic heterocycles. The summed E-state index contributed by atoms with van der Waals surface area (Å²) in [5, 5.41) is 2.90. The summed E-state index contributed by atoms with van der Waals surface area (Å²) in [4.78, 5) is 37.8. The summed E-state index contributed by atoms with van der Waals surface area (Å²) < 4.78 is 21.5. The Morgan fingerprint density at radius 3 is 2.32 bits per heavy atom. The van der Waals surface area contributed by atoms with Crippen LogP contribution in [-0.4, -0.2) is 38.2 Å². The first-order valence-electron chi connectivity index (χ1n) is 11.7. The van der Waals surface area contributed by atoms with Crippen LogP contribution < -0.4 is 14.8 Å². The molecule has 3 aromatic rings. The molecular formula is C28H29NO7S. The molecule has 0 spiro atoms. The topological polar surface area (TPSA) is 100 Å². The van der Waals surface area contributed by atoms with Crippen molar-refractivity contribution in [3.63, 3.8) is 0 Å². The van der Waals surface area contributed by atoms with E-state index in [-0.39, 0.29) is 28.7 Å². The SMILES string of the molecule is CCOC(=O)c1sc(NC(=O)/C=C/c2ccc(OCc3ccccc3)c(OC)c2)c(C(=O)OCC)c1C. The first kappa shape index (κ1) is 27.5. The smallest absolute Gasteiger partial charge is 0.348 e. The lowest BCUT2D eigenvalue weighted by atomic mass is 10.1. The quantitative estimate of drug-likeness (QED) is 0.256. The molecule has 0 bridgehead atoms. The molecule has 0 aliphatic rings. The Labute approximate surface area is 219 Å². The lowest BCUT2D eigenvalue weighted by Gasteiger charge is -2.11. The number of rotatable bonds is 11. The highest BCUT2D eigenvalue weighted by Crippen LogP contribution is 2.34. The average molecular weight is 524 g/mol. The fraction of sp³-hybridized carbons (Fsp3) is 0.250. The Kier molecular flexibility index (Phi) is 9.85. The number of nitrogens with one attached hydrogen (secondary N) is 1. The third-order valence-corrected chi connectivity index (χ3v) is 6.36. The third kappa shape index (κ3) is 7.20. The van der Waals surface area contributed by atoms with Crippen LogP contribution in [0.3, 0.4) is 0 Å². The number of carbonyl (C=O) groups excluding carboxylic acids is 3. The van der Waals surface area contributed by atoms with Crippen LogP contribution in [-0.2, 0) is 20.9 Å². The molecule has 1 heterocycles. The van der Waals surface area contributed by atoms with Gasteiger partial charge in [-0.25, -0.2) is 9.59 Å². The number of hydrogen-bond acceptors (Lipinski definition) is 8. The molecule has 1 amide bonds. The molecular weight excluding hydrogens is 494 g/mol. The standard InChI is InChI=1S/C28H29NO7S/c1-5-34-27(31)24-18(3)25(28(32)35-6-2)37-26(24)29-23(30)15-13-19-12-14-21(22(16-19)33-4)36-17-20-10-8-7-9-11-20/h7-16H,5-6,17H2,1-4H3,(H,29,30)/b15-13+. The highest BCUT2D eigenvalue weighted by molar-refractivity contribution is 7.18. The van der Waals surface area contributed by atoms with Crippen molar-refractivity contribution in [2.75, 3.05) is 25.6 Å². The molecule has 0 aliphatic carbocycles. The van der Waals surface area contributed by atoms with E-state index < -0.39 is 17.8 Å². The van der Waals surface area contributed by atoms with Crippen LogP contribution in [0.15, 0.2) is 54.6 Å². The van der Waals surface area contributed by atoms with E-state index in [1.807, 2.05) is 30.3 Å². The van der Waals surface area contributed by atoms with Crippen molar-refractivity contribution in [2.45, 2.75) is 27.4 Å². The summed E-state index contributed by atoms with van der Waals surface area (Å²) in [6.07, 6.45) is 2.93. The van der Waals surface area contributed by atoms with Crippen LogP contribution >= 0.6 is 11.3 Å². The average Bonchev–Trinajstić information content (AvgIpc) is 3.22. The highest BCUT2D eigenvalue weighted by Gasteiger charge is 2.27. The predicted octanol–water partition coefficient (Wildman–Crippen LogP) is 5.65. The van der Waals surface area contributed by atoms with Gasteiger partial charge in [0.05, 0.1) is 25.9 Å². The molecule has 0 saturated carbocycles. The number of ether oxygens (including phenoxy) is 4. The van der Waals surface area contributed by atoms with Crippen molar-refractivity contribution in [3.8, 4) is 11.5 Å². The molecule has 0 fully saturated rings. The summed E-state index contributed by atoms with van der Waals surface area (Å²) >= 11 is 0.972. The Morgan fingerprint density at radius 2 is 1.65 bits per heavy atom. The largest absolute Gasteiger partial charge is 0.493 e. The number of anilines is 1. The van der Waals surface area contributed by atoms with Crippen LogP contribution in [0.1, 0.15) is 50.6 Å². The Morgan fingerprint density at radius 1 is 0.946 bits per heavy atom. The van der Waals surface area contributed by atoms with Crippen molar-refractivity contribution in [1.82, 2.24) is 0 Å². The molecule has 9 heteroatoms. The van der Waals surface area contributed by atoms with Crippen LogP contribution in [0.2, 0.25) is 0 Å². The number of hydrogen-bond donors (Lipinski definition) is 1. The van der Waals surface area contributed by atoms with Gasteiger partial charge in [-0.15, -0.1) is 11.3 Å². The minimum absolute atomic E-state index is 0.137. The first-order valence-corrected chi connectivity index (χ1v) is 12.5. The first-order chi connectivity index (χ1) is 17.9. The van der Waals surface area contributed by atoms with E-state index >= 15 is 0 Å². The van der Waals surface area contributed by atoms with Crippen molar-refractivity contribution < 1.29 is 33.3 Å². The number of esters is 2. The van der Waals surface area contributed by atoms with E-state index in [4.69, 9.17) is 18.9 Å². The molecule has 0 unspecified atom stereocenters. The van der Waals surface area contributed by atoms with E-state index in [1.165, 1.54) is 6.08 Å². The van der Waals surface area contributed by atoms with E-state index in [0.717, 1.165) is 16.9 Å². The predicted molar refractivity (Wildman–Crippen MR) is 142 cm³/mol. The van der Waals surface area contributed by atoms with Gasteiger partial charge >= 0.3 is 11.9 Å². The van der Waals surface area contributed by atoms with Crippen LogP contribution in [0.4, 0.5) is 5.00 Å². The van der Waals surface area contributed by atoms with E-state index in [9.17, 15) is 14.4 Å². The Hall–Kier alpha value is -4.11. The van der Waals surface area contributed by atoms with Crippen molar-refractivity contribution in [1.29, 1.82) is 0 Å². The van der Waals surface area contributed by atoms with E-state index in [2.05, 4.69) is 5.32 Å². The lowest BCUT2D eigenvalue weighted by molar-refractivity contribution is -0.111. The van der Waals surface area contributed by atoms with Gasteiger partial charge in [0.2, 0.25) is 5.91 Å². The maximum atomic E-state index is 12.7. The van der Waals surface area contributed by atoms with Gasteiger partial charge in [-0.1, -0.05) is 36.4 Å². The van der Waals surface area contributed by atoms with E-state index in [0.29, 0.717) is 29.2 Å². The lowest BCUT2D eigenvalue weighted by Crippen LogP contribution is -2.13. The van der Waals surface area contributed by atoms with Gasteiger partial charge in [-0.3, -0.25) is 4.79 Å². The van der Waals surface area contributed by atoms with Gasteiger partial charge < -0.3 is 24.3 Å². The fourth-order valence-electron chi connectivity index (χ4n) is 3.41. The number of amides is 1. The zero-order chi connectivity index (χ0) is 26.8. The van der Waals surface area contributed by atoms with Crippen molar-refractivity contribution in [2.24, 2.45) is 0 Å². The Bertz CT molecular complexity index is 1280. The number of thiophene rings is 1. The van der Waals surface area contributed by atoms with Gasteiger partial charge in [0.15, 0.2) is 11.5 Å². The normalized spacial score (nSPS) is 10.7. The Balaban J connectivity index is 1.75. The molecule has 194 valence electrons. The summed E-state index contributed by atoms with van der Waals surface area (Å²) in [6, 6.07) is 15.1. The fourth-order valence-corrected chi connectivity index (χ4v) is 4.50. The van der Waals surface area contributed by atoms with Crippen LogP contribution in [0, 0.1) is 6.92 Å². The molecule has 1 aromatic heterocycles. The number of carbonyl (C=O) groups is 3. The van der Waals surface area contributed by atoms with Crippen LogP contribution in [0.25, 0.3) is 6.08 Å². The summed E-state index contributed by atoms with van der Waals surface area (Å²) in [7, 11) is 1.54. The molecule has 37 heavy (non-hydrogen) atoms. The monoisotopic (exact) mass is 523 g/mol. The van der Waals surface area contributed by atoms with Crippen LogP contribution in [0.5, 0.6) is 11.5 Å². The second kappa shape index (κ2) is 13.3. The minimum atomic E-state index is -0.623. The van der Waals surface area contributed by atoms with Crippen molar-refractivity contribution in [3.05, 3.63) is 81.7 Å². The zero-order valence-corrected chi connectivity index (χ0v) is 22.0. The van der Waals surface area contributed by atoms with E-state index in [1.54, 1.807) is 52.2 Å². The highest BCUT2D eigenvalue weighted by atomic mass is 32.1. The molecule has 0 radical (unpaired) electrons. The molecule has 2 aromatic carbocycles.